The maximum atomic E-state index is 12.3. The third-order valence-corrected chi connectivity index (χ3v) is 1.25. The van der Waals surface area contributed by atoms with Gasteiger partial charge in [0.1, 0.15) is 11.6 Å². The fourth-order valence-corrected chi connectivity index (χ4v) is 0.684. The molecule has 48 valence electrons. The van der Waals surface area contributed by atoms with Gasteiger partial charge in [0, 0.05) is 4.90 Å². The van der Waals surface area contributed by atoms with Crippen LogP contribution in [0.2, 0.25) is 0 Å². The second-order valence-corrected chi connectivity index (χ2v) is 2.08. The largest absolute Gasteiger partial charge is 2.00 e. The van der Waals surface area contributed by atoms with Crippen LogP contribution >= 0.6 is 12.6 Å². The van der Waals surface area contributed by atoms with Crippen LogP contribution in [0.25, 0.3) is 0 Å². The molecule has 0 spiro atoms. The van der Waals surface area contributed by atoms with Crippen molar-refractivity contribution in [3.05, 3.63) is 29.8 Å². The van der Waals surface area contributed by atoms with Crippen LogP contribution in [0, 0.1) is 11.6 Å². The molecule has 0 aliphatic rings. The number of thiol groups is 1. The third-order valence-electron chi connectivity index (χ3n) is 0.908. The van der Waals surface area contributed by atoms with Gasteiger partial charge in [0.15, 0.2) is 0 Å². The van der Waals surface area contributed by atoms with Crippen molar-refractivity contribution in [3.8, 4) is 0 Å². The summed E-state index contributed by atoms with van der Waals surface area (Å²) in [6, 6.07) is 3.12. The Labute approximate surface area is 75.8 Å². The normalized spacial score (nSPS) is 8.70. The zero-order chi connectivity index (χ0) is 6.85. The zero-order valence-corrected chi connectivity index (χ0v) is 9.00. The van der Waals surface area contributed by atoms with E-state index in [4.69, 9.17) is 0 Å². The van der Waals surface area contributed by atoms with Crippen LogP contribution in [-0.4, -0.2) is 0 Å². The molecule has 0 amide bonds. The smallest absolute Gasteiger partial charge is 0.207 e. The molecular weight excluding hydrogens is 208 g/mol. The van der Waals surface area contributed by atoms with E-state index >= 15 is 0 Å². The summed E-state index contributed by atoms with van der Waals surface area (Å²) < 4.78 is 24.4. The average Bonchev–Trinajstić information content (AvgIpc) is 1.80. The molecule has 0 heterocycles. The third kappa shape index (κ3) is 2.35. The molecule has 0 unspecified atom stereocenters. The molecule has 0 aliphatic carbocycles. The second kappa shape index (κ2) is 4.04. The summed E-state index contributed by atoms with van der Waals surface area (Å²) in [5.74, 6) is -0.971. The van der Waals surface area contributed by atoms with Gasteiger partial charge in [-0.15, -0.1) is 12.6 Å². The second-order valence-electron chi connectivity index (χ2n) is 1.60. The van der Waals surface area contributed by atoms with Crippen molar-refractivity contribution in [3.63, 3.8) is 0 Å². The van der Waals surface area contributed by atoms with Gasteiger partial charge >= 0.3 is 19.5 Å². The van der Waals surface area contributed by atoms with Crippen LogP contribution in [0.15, 0.2) is 23.1 Å². The molecule has 0 aromatic heterocycles. The van der Waals surface area contributed by atoms with Crippen LogP contribution < -0.4 is 0 Å². The van der Waals surface area contributed by atoms with Gasteiger partial charge in [0.05, 0.1) is 0 Å². The molecule has 1 aromatic rings. The molecule has 4 heteroatoms. The van der Waals surface area contributed by atoms with Gasteiger partial charge in [0.2, 0.25) is 0 Å². The van der Waals surface area contributed by atoms with Crippen LogP contribution in [0.1, 0.15) is 0 Å². The predicted octanol–water partition coefficient (Wildman–Crippen LogP) is 2.25. The van der Waals surface area contributed by atoms with Crippen molar-refractivity contribution < 1.29 is 28.3 Å². The van der Waals surface area contributed by atoms with Gasteiger partial charge in [-0.25, -0.2) is 8.78 Å². The minimum absolute atomic E-state index is 0. The molecule has 1 rings (SSSR count). The van der Waals surface area contributed by atoms with E-state index in [1.807, 2.05) is 0 Å². The van der Waals surface area contributed by atoms with Gasteiger partial charge in [-0.2, -0.15) is 0 Å². The Balaban J connectivity index is 0.000000810. The van der Waals surface area contributed by atoms with Gasteiger partial charge in [-0.05, 0) is 18.2 Å². The van der Waals surface area contributed by atoms with Crippen molar-refractivity contribution in [2.75, 3.05) is 0 Å². The molecular formula is C6H4F2SZn+2. The molecule has 0 atom stereocenters. The van der Waals surface area contributed by atoms with Gasteiger partial charge in [0.25, 0.3) is 0 Å². The van der Waals surface area contributed by atoms with Gasteiger partial charge in [-0.3, -0.25) is 0 Å². The average molecular weight is 212 g/mol. The van der Waals surface area contributed by atoms with Crippen molar-refractivity contribution in [2.24, 2.45) is 0 Å². The number of hydrogen-bond acceptors (Lipinski definition) is 1. The van der Waals surface area contributed by atoms with E-state index in [9.17, 15) is 8.78 Å². The fourth-order valence-electron chi connectivity index (χ4n) is 0.486. The summed E-state index contributed by atoms with van der Waals surface area (Å²) >= 11 is 3.65. The topological polar surface area (TPSA) is 0 Å². The van der Waals surface area contributed by atoms with Gasteiger partial charge < -0.3 is 0 Å². The molecule has 0 bridgehead atoms. The predicted molar refractivity (Wildman–Crippen MR) is 33.6 cm³/mol. The Morgan fingerprint density at radius 1 is 1.20 bits per heavy atom. The van der Waals surface area contributed by atoms with Crippen LogP contribution in [0.5, 0.6) is 0 Å². The summed E-state index contributed by atoms with van der Waals surface area (Å²) in [6.07, 6.45) is 0. The van der Waals surface area contributed by atoms with Gasteiger partial charge in [-0.1, -0.05) is 0 Å². The molecule has 0 nitrogen and oxygen atoms in total. The van der Waals surface area contributed by atoms with E-state index < -0.39 is 11.6 Å². The molecule has 0 N–H and O–H groups in total. The van der Waals surface area contributed by atoms with Crippen LogP contribution in [0.4, 0.5) is 8.78 Å². The van der Waals surface area contributed by atoms with Crippen molar-refractivity contribution in [1.82, 2.24) is 0 Å². The maximum Gasteiger partial charge on any atom is 2.00 e. The number of rotatable bonds is 0. The Kier molecular flexibility index (Phi) is 4.06. The summed E-state index contributed by atoms with van der Waals surface area (Å²) in [7, 11) is 0. The summed E-state index contributed by atoms with van der Waals surface area (Å²) in [4.78, 5) is 0.0370. The van der Waals surface area contributed by atoms with Crippen LogP contribution in [0.3, 0.4) is 0 Å². The first-order valence-corrected chi connectivity index (χ1v) is 2.79. The standard InChI is InChI=1S/C6H4F2S.Zn/c7-4-1-2-5(8)6(9)3-4;/h1-3,9H;/q;+2. The molecule has 0 aliphatic heterocycles. The summed E-state index contributed by atoms with van der Waals surface area (Å²) in [5.41, 5.74) is 0. The van der Waals surface area contributed by atoms with E-state index in [2.05, 4.69) is 12.6 Å². The number of hydrogen-bond donors (Lipinski definition) is 1. The Morgan fingerprint density at radius 3 is 2.20 bits per heavy atom. The van der Waals surface area contributed by atoms with Crippen LogP contribution in [-0.2, 0) is 19.5 Å². The summed E-state index contributed by atoms with van der Waals surface area (Å²) in [5, 5.41) is 0. The zero-order valence-electron chi connectivity index (χ0n) is 5.14. The fraction of sp³-hybridized carbons (Fsp3) is 0. The Hall–Kier alpha value is 0.0534. The van der Waals surface area contributed by atoms with E-state index in [0.29, 0.717) is 0 Å². The number of halogens is 2. The van der Waals surface area contributed by atoms with E-state index in [1.54, 1.807) is 0 Å². The summed E-state index contributed by atoms with van der Waals surface area (Å²) in [6.45, 7) is 0. The van der Waals surface area contributed by atoms with E-state index in [-0.39, 0.29) is 24.4 Å². The molecule has 0 radical (unpaired) electrons. The molecule has 1 aromatic carbocycles. The molecule has 10 heavy (non-hydrogen) atoms. The maximum absolute atomic E-state index is 12.3. The minimum atomic E-state index is -0.500. The SMILES string of the molecule is Fc1ccc(F)c(S)c1.[Zn+2]. The first kappa shape index (κ1) is 10.1. The van der Waals surface area contributed by atoms with Crippen molar-refractivity contribution in [2.45, 2.75) is 4.90 Å². The molecule has 0 saturated heterocycles. The Morgan fingerprint density at radius 2 is 1.80 bits per heavy atom. The van der Waals surface area contributed by atoms with E-state index in [0.717, 1.165) is 18.2 Å². The quantitative estimate of drug-likeness (QED) is 0.494. The first-order valence-electron chi connectivity index (χ1n) is 2.34. The van der Waals surface area contributed by atoms with E-state index in [1.165, 1.54) is 0 Å². The Bertz CT molecular complexity index is 227. The molecule has 0 fully saturated rings. The van der Waals surface area contributed by atoms with Crippen molar-refractivity contribution >= 4 is 12.6 Å². The van der Waals surface area contributed by atoms with Crippen molar-refractivity contribution in [1.29, 1.82) is 0 Å². The minimum Gasteiger partial charge on any atom is -0.207 e. The monoisotopic (exact) mass is 210 g/mol. The first-order chi connectivity index (χ1) is 4.20. The molecule has 0 saturated carbocycles. The number of benzene rings is 1.